The summed E-state index contributed by atoms with van der Waals surface area (Å²) in [5.74, 6) is 0.897. The number of amides is 3. The molecular formula is C23H27ClN6O2. The predicted molar refractivity (Wildman–Crippen MR) is 126 cm³/mol. The minimum atomic E-state index is -0.140. The number of imidazole rings is 1. The van der Waals surface area contributed by atoms with Gasteiger partial charge in [-0.2, -0.15) is 0 Å². The number of para-hydroxylation sites is 1. The van der Waals surface area contributed by atoms with Gasteiger partial charge in [-0.1, -0.05) is 23.7 Å². The first-order chi connectivity index (χ1) is 15.3. The predicted octanol–water partition coefficient (Wildman–Crippen LogP) is 3.28. The Labute approximate surface area is 192 Å². The van der Waals surface area contributed by atoms with Crippen LogP contribution in [0.5, 0.6) is 0 Å². The van der Waals surface area contributed by atoms with Gasteiger partial charge in [-0.25, -0.2) is 9.78 Å². The summed E-state index contributed by atoms with van der Waals surface area (Å²) in [6.07, 6.45) is 0. The maximum Gasteiger partial charge on any atom is 0.321 e. The zero-order valence-corrected chi connectivity index (χ0v) is 19.3. The van der Waals surface area contributed by atoms with E-state index in [9.17, 15) is 9.59 Å². The highest BCUT2D eigenvalue weighted by Gasteiger charge is 2.23. The molecule has 0 saturated carbocycles. The number of fused-ring (bicyclic) bond motifs is 1. The molecule has 1 aromatic heterocycles. The van der Waals surface area contributed by atoms with Gasteiger partial charge in [0, 0.05) is 52.9 Å². The fourth-order valence-electron chi connectivity index (χ4n) is 3.85. The van der Waals surface area contributed by atoms with Crippen molar-refractivity contribution in [1.82, 2.24) is 24.3 Å². The molecule has 0 aliphatic carbocycles. The van der Waals surface area contributed by atoms with Gasteiger partial charge in [-0.3, -0.25) is 9.69 Å². The minimum Gasteiger partial charge on any atom is -0.345 e. The summed E-state index contributed by atoms with van der Waals surface area (Å²) in [5.41, 5.74) is 3.06. The van der Waals surface area contributed by atoms with Crippen LogP contribution in [0.2, 0.25) is 5.02 Å². The summed E-state index contributed by atoms with van der Waals surface area (Å²) in [4.78, 5) is 35.3. The number of benzene rings is 2. The molecule has 2 heterocycles. The van der Waals surface area contributed by atoms with Gasteiger partial charge in [0.25, 0.3) is 5.91 Å². The van der Waals surface area contributed by atoms with Crippen molar-refractivity contribution >= 4 is 40.3 Å². The molecule has 168 valence electrons. The number of nitrogens with one attached hydrogen (secondary N) is 1. The van der Waals surface area contributed by atoms with E-state index in [0.717, 1.165) is 29.9 Å². The van der Waals surface area contributed by atoms with Crippen LogP contribution in [0.4, 0.5) is 10.5 Å². The van der Waals surface area contributed by atoms with Crippen molar-refractivity contribution in [2.45, 2.75) is 6.54 Å². The van der Waals surface area contributed by atoms with E-state index in [1.807, 2.05) is 37.4 Å². The summed E-state index contributed by atoms with van der Waals surface area (Å²) in [5, 5.41) is 3.41. The van der Waals surface area contributed by atoms with Crippen molar-refractivity contribution < 1.29 is 9.59 Å². The van der Waals surface area contributed by atoms with Crippen molar-refractivity contribution in [3.05, 3.63) is 58.9 Å². The molecule has 1 saturated heterocycles. The molecule has 2 aromatic carbocycles. The smallest absolute Gasteiger partial charge is 0.321 e. The van der Waals surface area contributed by atoms with E-state index >= 15 is 0 Å². The third kappa shape index (κ3) is 4.56. The lowest BCUT2D eigenvalue weighted by Gasteiger charge is -2.34. The van der Waals surface area contributed by atoms with Gasteiger partial charge in [-0.05, 0) is 30.3 Å². The number of urea groups is 1. The molecule has 0 radical (unpaired) electrons. The Kier molecular flexibility index (Phi) is 6.34. The highest BCUT2D eigenvalue weighted by molar-refractivity contribution is 6.33. The van der Waals surface area contributed by atoms with Crippen LogP contribution in [0.3, 0.4) is 0 Å². The normalized spacial score (nSPS) is 14.6. The Morgan fingerprint density at radius 1 is 1.09 bits per heavy atom. The summed E-state index contributed by atoms with van der Waals surface area (Å²) >= 11 is 6.14. The van der Waals surface area contributed by atoms with Crippen molar-refractivity contribution in [2.75, 3.05) is 45.6 Å². The number of carbonyl (C=O) groups excluding carboxylic acids is 2. The first-order valence-electron chi connectivity index (χ1n) is 10.5. The van der Waals surface area contributed by atoms with Crippen LogP contribution in [0, 0.1) is 0 Å². The van der Waals surface area contributed by atoms with Crippen LogP contribution in [-0.4, -0.2) is 76.5 Å². The van der Waals surface area contributed by atoms with Crippen LogP contribution < -0.4 is 5.32 Å². The number of rotatable bonds is 4. The Bertz CT molecular complexity index is 1150. The number of halogens is 1. The van der Waals surface area contributed by atoms with Gasteiger partial charge in [0.2, 0.25) is 0 Å². The van der Waals surface area contributed by atoms with Crippen molar-refractivity contribution in [3.63, 3.8) is 0 Å². The lowest BCUT2D eigenvalue weighted by atomic mass is 10.2. The maximum absolute atomic E-state index is 12.6. The van der Waals surface area contributed by atoms with Crippen LogP contribution in [0.25, 0.3) is 11.0 Å². The average Bonchev–Trinajstić information content (AvgIpc) is 3.09. The zero-order valence-electron chi connectivity index (χ0n) is 18.5. The molecule has 3 aromatic rings. The van der Waals surface area contributed by atoms with E-state index in [4.69, 9.17) is 16.6 Å². The number of nitrogens with zero attached hydrogens (tertiary/aromatic N) is 5. The van der Waals surface area contributed by atoms with E-state index in [1.165, 1.54) is 0 Å². The lowest BCUT2D eigenvalue weighted by Crippen LogP contribution is -2.49. The molecule has 32 heavy (non-hydrogen) atoms. The summed E-state index contributed by atoms with van der Waals surface area (Å²) in [7, 11) is 5.47. The number of carbonyl (C=O) groups is 2. The Hall–Kier alpha value is -3.10. The van der Waals surface area contributed by atoms with Gasteiger partial charge in [0.15, 0.2) is 0 Å². The fraction of sp³-hybridized carbons (Fsp3) is 0.348. The standard InChI is InChI=1S/C23H27ClN6O2/c1-27(2)22(31)16-8-9-20-19(14-16)25-21(28(20)3)15-29-10-12-30(13-11-29)23(32)26-18-7-5-4-6-17(18)24/h4-9,14H,10-13,15H2,1-3H3,(H,26,32). The number of aryl methyl sites for hydroxylation is 1. The molecular weight excluding hydrogens is 428 g/mol. The molecule has 1 aliphatic heterocycles. The molecule has 0 atom stereocenters. The average molecular weight is 455 g/mol. The second-order valence-corrected chi connectivity index (χ2v) is 8.57. The molecule has 1 fully saturated rings. The molecule has 8 nitrogen and oxygen atoms in total. The van der Waals surface area contributed by atoms with Gasteiger partial charge in [-0.15, -0.1) is 0 Å². The van der Waals surface area contributed by atoms with Crippen LogP contribution in [-0.2, 0) is 13.6 Å². The lowest BCUT2D eigenvalue weighted by molar-refractivity contribution is 0.0827. The van der Waals surface area contributed by atoms with Crippen LogP contribution in [0.15, 0.2) is 42.5 Å². The number of anilines is 1. The topological polar surface area (TPSA) is 73.7 Å². The van der Waals surface area contributed by atoms with E-state index in [2.05, 4.69) is 14.8 Å². The quantitative estimate of drug-likeness (QED) is 0.656. The monoisotopic (exact) mass is 454 g/mol. The highest BCUT2D eigenvalue weighted by atomic mass is 35.5. The molecule has 4 rings (SSSR count). The summed E-state index contributed by atoms with van der Waals surface area (Å²) < 4.78 is 2.07. The van der Waals surface area contributed by atoms with Gasteiger partial charge >= 0.3 is 6.03 Å². The molecule has 0 unspecified atom stereocenters. The number of hydrogen-bond acceptors (Lipinski definition) is 4. The Balaban J connectivity index is 1.38. The van der Waals surface area contributed by atoms with E-state index in [-0.39, 0.29) is 11.9 Å². The number of hydrogen-bond donors (Lipinski definition) is 1. The second-order valence-electron chi connectivity index (χ2n) is 8.16. The van der Waals surface area contributed by atoms with Gasteiger partial charge in [0.1, 0.15) is 5.82 Å². The molecule has 0 spiro atoms. The van der Waals surface area contributed by atoms with Gasteiger partial charge in [0.05, 0.1) is 28.3 Å². The SMILES string of the molecule is CN(C)C(=O)c1ccc2c(c1)nc(CN1CCN(C(=O)Nc3ccccc3Cl)CC1)n2C. The zero-order chi connectivity index (χ0) is 22.8. The van der Waals surface area contributed by atoms with Crippen molar-refractivity contribution in [2.24, 2.45) is 7.05 Å². The van der Waals surface area contributed by atoms with Crippen LogP contribution in [0.1, 0.15) is 16.2 Å². The number of piperazine rings is 1. The first kappa shape index (κ1) is 22.1. The molecule has 9 heteroatoms. The first-order valence-corrected chi connectivity index (χ1v) is 10.9. The van der Waals surface area contributed by atoms with Crippen molar-refractivity contribution in [3.8, 4) is 0 Å². The molecule has 1 aliphatic rings. The Morgan fingerprint density at radius 3 is 2.50 bits per heavy atom. The molecule has 3 amide bonds. The highest BCUT2D eigenvalue weighted by Crippen LogP contribution is 2.22. The summed E-state index contributed by atoms with van der Waals surface area (Å²) in [6.45, 7) is 3.44. The minimum absolute atomic E-state index is 0.0368. The summed E-state index contributed by atoms with van der Waals surface area (Å²) in [6, 6.07) is 12.7. The van der Waals surface area contributed by atoms with Crippen LogP contribution >= 0.6 is 11.6 Å². The molecule has 0 bridgehead atoms. The van der Waals surface area contributed by atoms with E-state index in [0.29, 0.717) is 35.9 Å². The number of aromatic nitrogens is 2. The Morgan fingerprint density at radius 2 is 1.81 bits per heavy atom. The third-order valence-electron chi connectivity index (χ3n) is 5.77. The fourth-order valence-corrected chi connectivity index (χ4v) is 4.03. The third-order valence-corrected chi connectivity index (χ3v) is 6.10. The van der Waals surface area contributed by atoms with E-state index in [1.54, 1.807) is 36.0 Å². The molecule has 1 N–H and O–H groups in total. The second kappa shape index (κ2) is 9.18. The van der Waals surface area contributed by atoms with Crippen molar-refractivity contribution in [1.29, 1.82) is 0 Å². The largest absolute Gasteiger partial charge is 0.345 e. The van der Waals surface area contributed by atoms with E-state index < -0.39 is 0 Å². The van der Waals surface area contributed by atoms with Gasteiger partial charge < -0.3 is 19.7 Å². The maximum atomic E-state index is 12.6.